The molecular weight excluding hydrogens is 246 g/mol. The summed E-state index contributed by atoms with van der Waals surface area (Å²) in [6.45, 7) is 9.43. The lowest BCUT2D eigenvalue weighted by Gasteiger charge is -2.31. The van der Waals surface area contributed by atoms with Crippen LogP contribution in [0.15, 0.2) is 0 Å². The van der Waals surface area contributed by atoms with E-state index in [2.05, 4.69) is 0 Å². The van der Waals surface area contributed by atoms with E-state index in [-0.39, 0.29) is 24.3 Å². The van der Waals surface area contributed by atoms with Crippen molar-refractivity contribution >= 4 is 6.09 Å². The van der Waals surface area contributed by atoms with E-state index in [4.69, 9.17) is 14.2 Å². The second kappa shape index (κ2) is 4.63. The van der Waals surface area contributed by atoms with Crippen LogP contribution in [0.4, 0.5) is 4.79 Å². The molecule has 1 aliphatic carbocycles. The summed E-state index contributed by atoms with van der Waals surface area (Å²) in [6, 6.07) is 0.0293. The maximum absolute atomic E-state index is 12.1. The Balaban J connectivity index is 2.01. The third kappa shape index (κ3) is 3.20. The second-order valence-electron chi connectivity index (χ2n) is 6.87. The summed E-state index contributed by atoms with van der Waals surface area (Å²) in [5, 5.41) is 0. The number of nitrogens with zero attached hydrogens (tertiary/aromatic N) is 1. The summed E-state index contributed by atoms with van der Waals surface area (Å²) in [4.78, 5) is 13.8. The Bertz CT molecular complexity index is 361. The summed E-state index contributed by atoms with van der Waals surface area (Å²) in [5.74, 6) is -0.553. The van der Waals surface area contributed by atoms with E-state index in [1.165, 1.54) is 0 Å². The summed E-state index contributed by atoms with van der Waals surface area (Å²) in [7, 11) is 1.77. The minimum Gasteiger partial charge on any atom is -0.444 e. The van der Waals surface area contributed by atoms with E-state index in [1.54, 1.807) is 11.9 Å². The van der Waals surface area contributed by atoms with Gasteiger partial charge in [0.25, 0.3) is 0 Å². The Morgan fingerprint density at radius 3 is 2.47 bits per heavy atom. The molecule has 1 heterocycles. The Labute approximate surface area is 115 Å². The highest BCUT2D eigenvalue weighted by Gasteiger charge is 2.51. The van der Waals surface area contributed by atoms with Crippen LogP contribution in [0.3, 0.4) is 0 Å². The Kier molecular flexibility index (Phi) is 3.56. The molecule has 5 heteroatoms. The SMILES string of the molecule is CN(C(=O)OC(C)(C)C)[C@@H]1CC[C@@H]2OC(C)(C)O[C@@H]21. The molecular formula is C14H25NO4. The quantitative estimate of drug-likeness (QED) is 0.735. The normalized spacial score (nSPS) is 33.1. The van der Waals surface area contributed by atoms with Crippen molar-refractivity contribution in [3.05, 3.63) is 0 Å². The zero-order valence-corrected chi connectivity index (χ0v) is 12.7. The number of ether oxygens (including phenoxy) is 3. The van der Waals surface area contributed by atoms with Gasteiger partial charge < -0.3 is 19.1 Å². The first-order chi connectivity index (χ1) is 8.59. The molecule has 0 aromatic carbocycles. The smallest absolute Gasteiger partial charge is 0.410 e. The zero-order chi connectivity index (χ0) is 14.4. The van der Waals surface area contributed by atoms with Crippen molar-refractivity contribution in [1.29, 1.82) is 0 Å². The first kappa shape index (κ1) is 14.6. The molecule has 1 aliphatic heterocycles. The number of fused-ring (bicyclic) bond motifs is 1. The molecule has 0 spiro atoms. The number of carbonyl (C=O) groups is 1. The summed E-state index contributed by atoms with van der Waals surface area (Å²) < 4.78 is 17.2. The van der Waals surface area contributed by atoms with Crippen LogP contribution in [0.1, 0.15) is 47.5 Å². The highest BCUT2D eigenvalue weighted by molar-refractivity contribution is 5.68. The molecule has 0 unspecified atom stereocenters. The van der Waals surface area contributed by atoms with Crippen LogP contribution in [0.5, 0.6) is 0 Å². The number of likely N-dealkylation sites (N-methyl/N-ethyl adjacent to an activating group) is 1. The van der Waals surface area contributed by atoms with Crippen LogP contribution in [-0.2, 0) is 14.2 Å². The molecule has 1 saturated heterocycles. The number of rotatable bonds is 1. The Morgan fingerprint density at radius 1 is 1.26 bits per heavy atom. The molecule has 0 aromatic heterocycles. The van der Waals surface area contributed by atoms with Crippen molar-refractivity contribution in [3.8, 4) is 0 Å². The molecule has 19 heavy (non-hydrogen) atoms. The van der Waals surface area contributed by atoms with Gasteiger partial charge in [-0.1, -0.05) is 0 Å². The molecule has 0 bridgehead atoms. The largest absolute Gasteiger partial charge is 0.444 e. The highest BCUT2D eigenvalue weighted by Crippen LogP contribution is 2.40. The third-order valence-electron chi connectivity index (χ3n) is 3.53. The molecule has 3 atom stereocenters. The minimum atomic E-state index is -0.553. The lowest BCUT2D eigenvalue weighted by Crippen LogP contribution is -2.46. The molecule has 110 valence electrons. The van der Waals surface area contributed by atoms with Gasteiger partial charge in [-0.15, -0.1) is 0 Å². The van der Waals surface area contributed by atoms with Gasteiger partial charge in [0, 0.05) is 7.05 Å². The zero-order valence-electron chi connectivity index (χ0n) is 12.7. The Hall–Kier alpha value is -0.810. The standard InChI is InChI=1S/C14H25NO4/c1-13(2,3)19-12(16)15(6)9-7-8-10-11(9)18-14(4,5)17-10/h9-11H,7-8H2,1-6H3/t9-,10+,11-/m1/s1. The average Bonchev–Trinajstić information content (AvgIpc) is 2.68. The molecule has 1 saturated carbocycles. The Morgan fingerprint density at radius 2 is 1.89 bits per heavy atom. The van der Waals surface area contributed by atoms with Crippen LogP contribution in [0, 0.1) is 0 Å². The molecule has 1 amide bonds. The van der Waals surface area contributed by atoms with Gasteiger partial charge in [0.2, 0.25) is 0 Å². The van der Waals surface area contributed by atoms with Crippen molar-refractivity contribution in [1.82, 2.24) is 4.90 Å². The van der Waals surface area contributed by atoms with E-state index < -0.39 is 11.4 Å². The maximum atomic E-state index is 12.1. The fourth-order valence-corrected chi connectivity index (χ4v) is 2.80. The predicted molar refractivity (Wildman–Crippen MR) is 70.8 cm³/mol. The van der Waals surface area contributed by atoms with Crippen LogP contribution < -0.4 is 0 Å². The summed E-state index contributed by atoms with van der Waals surface area (Å²) >= 11 is 0. The van der Waals surface area contributed by atoms with Gasteiger partial charge in [-0.05, 0) is 47.5 Å². The second-order valence-corrected chi connectivity index (χ2v) is 6.87. The summed E-state index contributed by atoms with van der Waals surface area (Å²) in [5.41, 5.74) is -0.477. The van der Waals surface area contributed by atoms with E-state index in [1.807, 2.05) is 34.6 Å². The van der Waals surface area contributed by atoms with E-state index in [9.17, 15) is 4.79 Å². The van der Waals surface area contributed by atoms with Crippen LogP contribution in [-0.4, -0.2) is 47.7 Å². The highest BCUT2D eigenvalue weighted by atomic mass is 16.8. The van der Waals surface area contributed by atoms with Gasteiger partial charge in [-0.2, -0.15) is 0 Å². The molecule has 2 fully saturated rings. The minimum absolute atomic E-state index is 0.0293. The number of amides is 1. The maximum Gasteiger partial charge on any atom is 0.410 e. The monoisotopic (exact) mass is 271 g/mol. The van der Waals surface area contributed by atoms with Gasteiger partial charge in [0.05, 0.1) is 12.1 Å². The molecule has 0 N–H and O–H groups in total. The van der Waals surface area contributed by atoms with E-state index in [0.29, 0.717) is 0 Å². The van der Waals surface area contributed by atoms with Crippen molar-refractivity contribution in [2.45, 2.75) is 77.1 Å². The number of carbonyl (C=O) groups excluding carboxylic acids is 1. The lowest BCUT2D eigenvalue weighted by atomic mass is 10.2. The van der Waals surface area contributed by atoms with Gasteiger partial charge in [-0.25, -0.2) is 4.79 Å². The first-order valence-corrected chi connectivity index (χ1v) is 6.90. The topological polar surface area (TPSA) is 48.0 Å². The van der Waals surface area contributed by atoms with Crippen molar-refractivity contribution in [3.63, 3.8) is 0 Å². The lowest BCUT2D eigenvalue weighted by molar-refractivity contribution is -0.156. The fourth-order valence-electron chi connectivity index (χ4n) is 2.80. The van der Waals surface area contributed by atoms with Gasteiger partial charge in [0.15, 0.2) is 5.79 Å². The predicted octanol–water partition coefficient (Wildman–Crippen LogP) is 2.54. The van der Waals surface area contributed by atoms with E-state index >= 15 is 0 Å². The third-order valence-corrected chi connectivity index (χ3v) is 3.53. The fraction of sp³-hybridized carbons (Fsp3) is 0.929. The van der Waals surface area contributed by atoms with Crippen LogP contribution >= 0.6 is 0 Å². The summed E-state index contributed by atoms with van der Waals surface area (Å²) in [6.07, 6.45) is 1.55. The van der Waals surface area contributed by atoms with Crippen LogP contribution in [0.2, 0.25) is 0 Å². The molecule has 2 aliphatic rings. The number of hydrogen-bond acceptors (Lipinski definition) is 4. The molecule has 2 rings (SSSR count). The van der Waals surface area contributed by atoms with Crippen molar-refractivity contribution in [2.24, 2.45) is 0 Å². The first-order valence-electron chi connectivity index (χ1n) is 6.90. The van der Waals surface area contributed by atoms with Gasteiger partial charge in [0.1, 0.15) is 11.7 Å². The van der Waals surface area contributed by atoms with Crippen LogP contribution in [0.25, 0.3) is 0 Å². The molecule has 5 nitrogen and oxygen atoms in total. The van der Waals surface area contributed by atoms with E-state index in [0.717, 1.165) is 12.8 Å². The molecule has 0 aromatic rings. The average molecular weight is 271 g/mol. The van der Waals surface area contributed by atoms with Gasteiger partial charge >= 0.3 is 6.09 Å². The number of hydrogen-bond donors (Lipinski definition) is 0. The van der Waals surface area contributed by atoms with Gasteiger partial charge in [-0.3, -0.25) is 0 Å². The molecule has 0 radical (unpaired) electrons. The van der Waals surface area contributed by atoms with Crippen molar-refractivity contribution < 1.29 is 19.0 Å². The van der Waals surface area contributed by atoms with Crippen molar-refractivity contribution in [2.75, 3.05) is 7.05 Å².